The van der Waals surface area contributed by atoms with E-state index in [-0.39, 0.29) is 24.2 Å². The molecule has 1 N–H and O–H groups in total. The smallest absolute Gasteiger partial charge is 0.326 e. The molecule has 1 saturated heterocycles. The highest BCUT2D eigenvalue weighted by Crippen LogP contribution is 2.35. The van der Waals surface area contributed by atoms with Gasteiger partial charge < -0.3 is 5.32 Å². The number of hydrogen-bond acceptors (Lipinski definition) is 4. The first kappa shape index (κ1) is 24.3. The SMILES string of the molecule is O=C(Cc1ccc(-n2cnc3cccnc32)cc1Cl)Nc1ccc(CN2CCCC2)c(C(F)(F)F)c1. The highest BCUT2D eigenvalue weighted by molar-refractivity contribution is 6.31. The molecule has 36 heavy (non-hydrogen) atoms. The predicted molar refractivity (Wildman–Crippen MR) is 132 cm³/mol. The number of aromatic nitrogens is 3. The lowest BCUT2D eigenvalue weighted by molar-refractivity contribution is -0.138. The molecule has 0 unspecified atom stereocenters. The molecule has 186 valence electrons. The number of carbonyl (C=O) groups is 1. The van der Waals surface area contributed by atoms with Crippen LogP contribution in [0.2, 0.25) is 5.02 Å². The van der Waals surface area contributed by atoms with Gasteiger partial charge in [0.1, 0.15) is 11.8 Å². The summed E-state index contributed by atoms with van der Waals surface area (Å²) in [6.45, 7) is 1.83. The lowest BCUT2D eigenvalue weighted by atomic mass is 10.0. The molecule has 2 aromatic heterocycles. The number of amides is 1. The summed E-state index contributed by atoms with van der Waals surface area (Å²) in [5.41, 5.74) is 2.28. The zero-order chi connectivity index (χ0) is 25.3. The Morgan fingerprint density at radius 2 is 1.81 bits per heavy atom. The van der Waals surface area contributed by atoms with Crippen LogP contribution in [0.4, 0.5) is 18.9 Å². The van der Waals surface area contributed by atoms with E-state index in [9.17, 15) is 18.0 Å². The van der Waals surface area contributed by atoms with Crippen molar-refractivity contribution in [3.05, 3.63) is 82.8 Å². The highest BCUT2D eigenvalue weighted by Gasteiger charge is 2.34. The fraction of sp³-hybridized carbons (Fsp3) is 0.269. The van der Waals surface area contributed by atoms with Crippen molar-refractivity contribution in [2.24, 2.45) is 0 Å². The van der Waals surface area contributed by atoms with E-state index in [1.807, 2.05) is 11.0 Å². The Morgan fingerprint density at radius 3 is 2.56 bits per heavy atom. The molecule has 3 heterocycles. The van der Waals surface area contributed by atoms with Crippen LogP contribution in [0.3, 0.4) is 0 Å². The van der Waals surface area contributed by atoms with Crippen LogP contribution in [0, 0.1) is 0 Å². The fourth-order valence-corrected chi connectivity index (χ4v) is 4.73. The van der Waals surface area contributed by atoms with Crippen LogP contribution in [0.1, 0.15) is 29.5 Å². The molecule has 1 fully saturated rings. The van der Waals surface area contributed by atoms with Gasteiger partial charge >= 0.3 is 6.18 Å². The first-order valence-electron chi connectivity index (χ1n) is 11.6. The third-order valence-corrected chi connectivity index (χ3v) is 6.62. The molecule has 10 heteroatoms. The van der Waals surface area contributed by atoms with E-state index in [1.54, 1.807) is 41.4 Å². The second kappa shape index (κ2) is 9.91. The molecule has 2 aromatic carbocycles. The van der Waals surface area contributed by atoms with Crippen molar-refractivity contribution in [3.8, 4) is 5.69 Å². The van der Waals surface area contributed by atoms with Crippen LogP contribution in [0.15, 0.2) is 61.1 Å². The third-order valence-electron chi connectivity index (χ3n) is 6.26. The number of likely N-dealkylation sites (tertiary alicyclic amines) is 1. The monoisotopic (exact) mass is 513 g/mol. The molecule has 1 amide bonds. The van der Waals surface area contributed by atoms with Crippen molar-refractivity contribution < 1.29 is 18.0 Å². The quantitative estimate of drug-likeness (QED) is 0.350. The van der Waals surface area contributed by atoms with Gasteiger partial charge in [0, 0.05) is 23.5 Å². The lowest BCUT2D eigenvalue weighted by Crippen LogP contribution is -2.22. The molecule has 0 spiro atoms. The summed E-state index contributed by atoms with van der Waals surface area (Å²) in [4.78, 5) is 23.3. The van der Waals surface area contributed by atoms with Gasteiger partial charge in [0.15, 0.2) is 5.65 Å². The summed E-state index contributed by atoms with van der Waals surface area (Å²) >= 11 is 6.44. The maximum absolute atomic E-state index is 13.7. The van der Waals surface area contributed by atoms with Gasteiger partial charge in [0.05, 0.1) is 17.7 Å². The van der Waals surface area contributed by atoms with Crippen molar-refractivity contribution >= 4 is 34.4 Å². The summed E-state index contributed by atoms with van der Waals surface area (Å²) in [6.07, 6.45) is 0.704. The Bertz CT molecular complexity index is 1410. The zero-order valence-electron chi connectivity index (χ0n) is 19.2. The van der Waals surface area contributed by atoms with Crippen LogP contribution in [-0.4, -0.2) is 38.4 Å². The first-order valence-corrected chi connectivity index (χ1v) is 11.9. The van der Waals surface area contributed by atoms with Crippen LogP contribution < -0.4 is 5.32 Å². The van der Waals surface area contributed by atoms with Crippen molar-refractivity contribution in [3.63, 3.8) is 0 Å². The Kier molecular flexibility index (Phi) is 6.68. The summed E-state index contributed by atoms with van der Waals surface area (Å²) in [5.74, 6) is -0.459. The minimum Gasteiger partial charge on any atom is -0.326 e. The van der Waals surface area contributed by atoms with Crippen LogP contribution >= 0.6 is 11.6 Å². The van der Waals surface area contributed by atoms with E-state index in [0.29, 0.717) is 16.2 Å². The number of halogens is 4. The standard InChI is InChI=1S/C26H23ClF3N5O/c27-22-14-20(35-16-32-23-4-3-9-31-25(23)35)8-6-17(22)12-24(36)33-19-7-5-18(15-34-10-1-2-11-34)21(13-19)26(28,29)30/h3-9,13-14,16H,1-2,10-12,15H2,(H,33,36). The minimum absolute atomic E-state index is 0.0844. The fourth-order valence-electron chi connectivity index (χ4n) is 4.48. The lowest BCUT2D eigenvalue weighted by Gasteiger charge is -2.20. The van der Waals surface area contributed by atoms with Crippen molar-refractivity contribution in [1.82, 2.24) is 19.4 Å². The van der Waals surface area contributed by atoms with E-state index in [0.717, 1.165) is 43.2 Å². The summed E-state index contributed by atoms with van der Waals surface area (Å²) in [6, 6.07) is 12.8. The predicted octanol–water partition coefficient (Wildman–Crippen LogP) is 5.87. The van der Waals surface area contributed by atoms with Gasteiger partial charge in [0.2, 0.25) is 5.91 Å². The molecule has 0 bridgehead atoms. The highest BCUT2D eigenvalue weighted by atomic mass is 35.5. The minimum atomic E-state index is -4.51. The summed E-state index contributed by atoms with van der Waals surface area (Å²) < 4.78 is 43.0. The van der Waals surface area contributed by atoms with Crippen molar-refractivity contribution in [2.45, 2.75) is 32.0 Å². The second-order valence-electron chi connectivity index (χ2n) is 8.81. The summed E-state index contributed by atoms with van der Waals surface area (Å²) in [7, 11) is 0. The number of carbonyl (C=O) groups excluding carboxylic acids is 1. The Hall–Kier alpha value is -3.43. The van der Waals surface area contributed by atoms with Gasteiger partial charge in [-0.05, 0) is 73.5 Å². The summed E-state index contributed by atoms with van der Waals surface area (Å²) in [5, 5.41) is 2.94. The van der Waals surface area contributed by atoms with E-state index in [4.69, 9.17) is 11.6 Å². The van der Waals surface area contributed by atoms with E-state index in [2.05, 4.69) is 15.3 Å². The molecule has 0 radical (unpaired) electrons. The number of benzene rings is 2. The molecule has 0 atom stereocenters. The molecule has 0 aliphatic carbocycles. The Balaban J connectivity index is 1.30. The number of pyridine rings is 1. The second-order valence-corrected chi connectivity index (χ2v) is 9.22. The number of imidazole rings is 1. The van der Waals surface area contributed by atoms with Crippen LogP contribution in [0.5, 0.6) is 0 Å². The average molecular weight is 514 g/mol. The van der Waals surface area contributed by atoms with Gasteiger partial charge in [0.25, 0.3) is 0 Å². The van der Waals surface area contributed by atoms with E-state index < -0.39 is 17.6 Å². The topological polar surface area (TPSA) is 63.1 Å². The molecule has 1 aliphatic heterocycles. The Morgan fingerprint density at radius 1 is 1.03 bits per heavy atom. The van der Waals surface area contributed by atoms with Gasteiger partial charge in [-0.1, -0.05) is 23.7 Å². The largest absolute Gasteiger partial charge is 0.416 e. The van der Waals surface area contributed by atoms with Crippen LogP contribution in [0.25, 0.3) is 16.9 Å². The number of fused-ring (bicyclic) bond motifs is 1. The molecular formula is C26H23ClF3N5O. The van der Waals surface area contributed by atoms with Gasteiger partial charge in [-0.3, -0.25) is 14.3 Å². The first-order chi connectivity index (χ1) is 17.3. The van der Waals surface area contributed by atoms with E-state index in [1.165, 1.54) is 12.1 Å². The molecule has 5 rings (SSSR count). The molecule has 1 aliphatic rings. The normalized spacial score (nSPS) is 14.4. The van der Waals surface area contributed by atoms with Crippen molar-refractivity contribution in [1.29, 1.82) is 0 Å². The number of hydrogen-bond donors (Lipinski definition) is 1. The van der Waals surface area contributed by atoms with Gasteiger partial charge in [-0.25, -0.2) is 9.97 Å². The molecule has 6 nitrogen and oxygen atoms in total. The van der Waals surface area contributed by atoms with Gasteiger partial charge in [-0.15, -0.1) is 0 Å². The Labute approximate surface area is 210 Å². The molecule has 0 saturated carbocycles. The third kappa shape index (κ3) is 5.22. The van der Waals surface area contributed by atoms with Gasteiger partial charge in [-0.2, -0.15) is 13.2 Å². The number of anilines is 1. The number of rotatable bonds is 6. The molecule has 4 aromatic rings. The number of alkyl halides is 3. The number of nitrogens with one attached hydrogen (secondary N) is 1. The van der Waals surface area contributed by atoms with E-state index >= 15 is 0 Å². The average Bonchev–Trinajstić information content (AvgIpc) is 3.51. The zero-order valence-corrected chi connectivity index (χ0v) is 20.0. The number of nitrogens with zero attached hydrogens (tertiary/aromatic N) is 4. The maximum atomic E-state index is 13.7. The van der Waals surface area contributed by atoms with Crippen LogP contribution in [-0.2, 0) is 23.9 Å². The van der Waals surface area contributed by atoms with Crippen molar-refractivity contribution in [2.75, 3.05) is 18.4 Å². The molecular weight excluding hydrogens is 491 g/mol. The maximum Gasteiger partial charge on any atom is 0.416 e.